The highest BCUT2D eigenvalue weighted by atomic mass is 32.2. The Kier molecular flexibility index (Phi) is 2.83. The first-order chi connectivity index (χ1) is 5.58. The molecule has 4 heteroatoms. The molecule has 1 rings (SSSR count). The van der Waals surface area contributed by atoms with E-state index in [1.54, 1.807) is 12.1 Å². The maximum Gasteiger partial charge on any atom is 0.294 e. The minimum atomic E-state index is -4.07. The molecule has 0 aliphatic rings. The molecule has 0 amide bonds. The van der Waals surface area contributed by atoms with Crippen LogP contribution in [0, 0.1) is 0 Å². The van der Waals surface area contributed by atoms with Crippen LogP contribution in [0.2, 0.25) is 0 Å². The minimum Gasteiger partial charge on any atom is -0.197 e. The second-order valence-electron chi connectivity index (χ2n) is 2.50. The molecule has 0 aliphatic heterocycles. The van der Waals surface area contributed by atoms with Gasteiger partial charge in [0.2, 0.25) is 0 Å². The van der Waals surface area contributed by atoms with Gasteiger partial charge in [-0.05, 0) is 12.0 Å². The van der Waals surface area contributed by atoms with Crippen molar-refractivity contribution in [3.63, 3.8) is 0 Å². The van der Waals surface area contributed by atoms with Crippen molar-refractivity contribution in [2.24, 2.45) is 0 Å². The minimum absolute atomic E-state index is 0.298. The molecule has 0 unspecified atom stereocenters. The highest BCUT2D eigenvalue weighted by molar-refractivity contribution is 7.85. The van der Waals surface area contributed by atoms with Crippen molar-refractivity contribution in [1.82, 2.24) is 0 Å². The zero-order valence-electron chi connectivity index (χ0n) is 6.43. The third-order valence-electron chi connectivity index (χ3n) is 1.48. The summed E-state index contributed by atoms with van der Waals surface area (Å²) in [6.45, 7) is 0. The zero-order valence-corrected chi connectivity index (χ0v) is 7.25. The van der Waals surface area contributed by atoms with E-state index in [2.05, 4.69) is 0 Å². The Labute approximate surface area is 71.8 Å². The van der Waals surface area contributed by atoms with E-state index < -0.39 is 10.1 Å². The van der Waals surface area contributed by atoms with E-state index in [0.717, 1.165) is 5.56 Å². The molecule has 0 atom stereocenters. The number of aryl methyl sites for hydroxylation is 1. The van der Waals surface area contributed by atoms with Gasteiger partial charge in [0, 0.05) is 0 Å². The van der Waals surface area contributed by atoms with E-state index in [1.807, 2.05) is 18.2 Å². The monoisotopic (exact) mass is 185 g/mol. The standard InChI is InChI=1S/C8H9O3S/c9-12(10,11)7-6-8-4-2-1-3-5-8/h1-5H,6-7H2. The van der Waals surface area contributed by atoms with Crippen molar-refractivity contribution >= 4 is 10.1 Å². The van der Waals surface area contributed by atoms with Gasteiger partial charge in [-0.3, -0.25) is 0 Å². The van der Waals surface area contributed by atoms with Gasteiger partial charge in [-0.1, -0.05) is 34.9 Å². The first kappa shape index (κ1) is 9.22. The van der Waals surface area contributed by atoms with Crippen LogP contribution >= 0.6 is 0 Å². The van der Waals surface area contributed by atoms with E-state index in [-0.39, 0.29) is 5.75 Å². The highest BCUT2D eigenvalue weighted by Crippen LogP contribution is 2.00. The van der Waals surface area contributed by atoms with Crippen LogP contribution in [0.4, 0.5) is 0 Å². The molecule has 12 heavy (non-hydrogen) atoms. The molecule has 0 aromatic heterocycles. The Morgan fingerprint density at radius 2 is 1.67 bits per heavy atom. The average Bonchev–Trinajstić information content (AvgIpc) is 2.02. The van der Waals surface area contributed by atoms with Crippen LogP contribution in [0.15, 0.2) is 30.3 Å². The topological polar surface area (TPSA) is 54.0 Å². The summed E-state index contributed by atoms with van der Waals surface area (Å²) in [6, 6.07) is 9.06. The first-order valence-electron chi connectivity index (χ1n) is 3.55. The normalized spacial score (nSPS) is 11.4. The summed E-state index contributed by atoms with van der Waals surface area (Å²) in [6.07, 6.45) is 0.298. The summed E-state index contributed by atoms with van der Waals surface area (Å²) in [4.78, 5) is 0. The smallest absolute Gasteiger partial charge is 0.197 e. The van der Waals surface area contributed by atoms with Crippen LogP contribution in [0.25, 0.3) is 0 Å². The summed E-state index contributed by atoms with van der Waals surface area (Å²) in [5, 5.41) is 0. The lowest BCUT2D eigenvalue weighted by molar-refractivity contribution is 0.414. The molecule has 0 spiro atoms. The maximum atomic E-state index is 10.2. The first-order valence-corrected chi connectivity index (χ1v) is 5.13. The van der Waals surface area contributed by atoms with Crippen molar-refractivity contribution < 1.29 is 13.0 Å². The molecule has 0 heterocycles. The molecule has 1 aromatic carbocycles. The van der Waals surface area contributed by atoms with Crippen LogP contribution in [-0.2, 0) is 21.1 Å². The molecular formula is C8H9O3S. The van der Waals surface area contributed by atoms with Gasteiger partial charge in [0.15, 0.2) is 0 Å². The Bertz CT molecular complexity index is 329. The Hall–Kier alpha value is -0.870. The van der Waals surface area contributed by atoms with Crippen molar-refractivity contribution in [3.8, 4) is 0 Å². The molecular weight excluding hydrogens is 176 g/mol. The fourth-order valence-corrected chi connectivity index (χ4v) is 1.37. The van der Waals surface area contributed by atoms with Gasteiger partial charge in [0.1, 0.15) is 0 Å². The van der Waals surface area contributed by atoms with Gasteiger partial charge in [0.25, 0.3) is 10.1 Å². The Morgan fingerprint density at radius 3 is 2.17 bits per heavy atom. The zero-order chi connectivity index (χ0) is 9.03. The number of rotatable bonds is 3. The van der Waals surface area contributed by atoms with Crippen LogP contribution in [-0.4, -0.2) is 14.2 Å². The molecule has 3 nitrogen and oxygen atoms in total. The second kappa shape index (κ2) is 3.69. The summed E-state index contributed by atoms with van der Waals surface area (Å²) in [7, 11) is -4.07. The predicted molar refractivity (Wildman–Crippen MR) is 44.6 cm³/mol. The number of benzene rings is 1. The largest absolute Gasteiger partial charge is 0.294 e. The van der Waals surface area contributed by atoms with E-state index in [1.165, 1.54) is 0 Å². The summed E-state index contributed by atoms with van der Waals surface area (Å²) in [5.74, 6) is -0.322. The number of hydrogen-bond acceptors (Lipinski definition) is 2. The fourth-order valence-electron chi connectivity index (χ4n) is 0.888. The van der Waals surface area contributed by atoms with Gasteiger partial charge >= 0.3 is 0 Å². The lowest BCUT2D eigenvalue weighted by Crippen LogP contribution is -2.04. The van der Waals surface area contributed by atoms with Gasteiger partial charge in [0.05, 0.1) is 5.75 Å². The lowest BCUT2D eigenvalue weighted by atomic mass is 10.2. The van der Waals surface area contributed by atoms with Crippen molar-refractivity contribution in [3.05, 3.63) is 35.9 Å². The van der Waals surface area contributed by atoms with E-state index in [0.29, 0.717) is 6.42 Å². The molecule has 1 radical (unpaired) electrons. The predicted octanol–water partition coefficient (Wildman–Crippen LogP) is 0.989. The molecule has 0 saturated heterocycles. The van der Waals surface area contributed by atoms with Crippen molar-refractivity contribution in [2.45, 2.75) is 6.42 Å². The van der Waals surface area contributed by atoms with Crippen LogP contribution < -0.4 is 0 Å². The molecule has 1 aromatic rings. The third kappa shape index (κ3) is 3.50. The van der Waals surface area contributed by atoms with Crippen LogP contribution in [0.1, 0.15) is 5.56 Å². The Balaban J connectivity index is 2.56. The van der Waals surface area contributed by atoms with Gasteiger partial charge in [-0.2, -0.15) is 8.42 Å². The second-order valence-corrected chi connectivity index (χ2v) is 4.02. The molecule has 0 aliphatic carbocycles. The fraction of sp³-hybridized carbons (Fsp3) is 0.250. The molecule has 0 bridgehead atoms. The van der Waals surface area contributed by atoms with Crippen molar-refractivity contribution in [1.29, 1.82) is 0 Å². The maximum absolute atomic E-state index is 10.2. The molecule has 0 N–H and O–H groups in total. The number of hydrogen-bond donors (Lipinski definition) is 0. The van der Waals surface area contributed by atoms with Gasteiger partial charge < -0.3 is 0 Å². The van der Waals surface area contributed by atoms with Crippen molar-refractivity contribution in [2.75, 3.05) is 5.75 Å². The van der Waals surface area contributed by atoms with E-state index in [4.69, 9.17) is 0 Å². The van der Waals surface area contributed by atoms with Gasteiger partial charge in [-0.25, -0.2) is 0 Å². The molecule has 65 valence electrons. The lowest BCUT2D eigenvalue weighted by Gasteiger charge is -1.96. The average molecular weight is 185 g/mol. The van der Waals surface area contributed by atoms with E-state index in [9.17, 15) is 13.0 Å². The molecule has 0 fully saturated rings. The Morgan fingerprint density at radius 1 is 1.08 bits per heavy atom. The quantitative estimate of drug-likeness (QED) is 0.705. The highest BCUT2D eigenvalue weighted by Gasteiger charge is 2.05. The van der Waals surface area contributed by atoms with E-state index >= 15 is 0 Å². The third-order valence-corrected chi connectivity index (χ3v) is 2.19. The SMILES string of the molecule is [O]S(=O)(=O)CCc1ccccc1. The summed E-state index contributed by atoms with van der Waals surface area (Å²) in [5.41, 5.74) is 0.872. The van der Waals surface area contributed by atoms with Crippen LogP contribution in [0.3, 0.4) is 0 Å². The summed E-state index contributed by atoms with van der Waals surface area (Å²) >= 11 is 0. The van der Waals surface area contributed by atoms with Crippen LogP contribution in [0.5, 0.6) is 0 Å². The molecule has 0 saturated carbocycles. The van der Waals surface area contributed by atoms with Gasteiger partial charge in [-0.15, -0.1) is 0 Å². The summed E-state index contributed by atoms with van der Waals surface area (Å²) < 4.78 is 30.7.